The van der Waals surface area contributed by atoms with Gasteiger partial charge < -0.3 is 9.47 Å². The fourth-order valence-corrected chi connectivity index (χ4v) is 1.90. The molecule has 0 saturated carbocycles. The number of esters is 1. The van der Waals surface area contributed by atoms with E-state index in [1.807, 2.05) is 0 Å². The van der Waals surface area contributed by atoms with Gasteiger partial charge in [0.25, 0.3) is 5.69 Å². The maximum Gasteiger partial charge on any atom is 0.344 e. The first-order chi connectivity index (χ1) is 10.0. The van der Waals surface area contributed by atoms with E-state index in [0.29, 0.717) is 5.75 Å². The normalized spacial score (nSPS) is 10.0. The lowest BCUT2D eigenvalue weighted by molar-refractivity contribution is -0.385. The first kappa shape index (κ1) is 14.5. The summed E-state index contributed by atoms with van der Waals surface area (Å²) in [6, 6.07) is 11.0. The average Bonchev–Trinajstić information content (AvgIpc) is 2.47. The second-order valence-electron chi connectivity index (χ2n) is 4.25. The van der Waals surface area contributed by atoms with Gasteiger partial charge in [-0.15, -0.1) is 0 Å². The molecule has 0 aliphatic rings. The molecule has 2 aromatic carbocycles. The van der Waals surface area contributed by atoms with E-state index in [1.165, 1.54) is 32.2 Å². The summed E-state index contributed by atoms with van der Waals surface area (Å²) in [6.07, 6.45) is 0. The summed E-state index contributed by atoms with van der Waals surface area (Å²) >= 11 is 0. The standard InChI is InChI=1S/C15H13NO5/c1-10-11(6-5-7-12(10)16(18)19)15(17)21-14-9-4-3-8-13(14)20-2/h3-9H,1-2H3. The third kappa shape index (κ3) is 3.00. The number of nitro benzene ring substituents is 1. The lowest BCUT2D eigenvalue weighted by Crippen LogP contribution is -2.11. The van der Waals surface area contributed by atoms with E-state index in [-0.39, 0.29) is 22.6 Å². The van der Waals surface area contributed by atoms with Crippen molar-refractivity contribution in [3.05, 3.63) is 63.7 Å². The second kappa shape index (κ2) is 6.04. The molecular formula is C15H13NO5. The van der Waals surface area contributed by atoms with Crippen molar-refractivity contribution in [3.8, 4) is 11.5 Å². The molecule has 0 aliphatic carbocycles. The first-order valence-corrected chi connectivity index (χ1v) is 6.13. The van der Waals surface area contributed by atoms with Crippen LogP contribution >= 0.6 is 0 Å². The molecule has 0 fully saturated rings. The molecule has 2 rings (SSSR count). The zero-order valence-corrected chi connectivity index (χ0v) is 11.5. The maximum atomic E-state index is 12.2. The smallest absolute Gasteiger partial charge is 0.344 e. The van der Waals surface area contributed by atoms with Crippen molar-refractivity contribution >= 4 is 11.7 Å². The summed E-state index contributed by atoms with van der Waals surface area (Å²) in [7, 11) is 1.46. The van der Waals surface area contributed by atoms with Crippen LogP contribution in [0.5, 0.6) is 11.5 Å². The monoisotopic (exact) mass is 287 g/mol. The van der Waals surface area contributed by atoms with Gasteiger partial charge in [0.15, 0.2) is 11.5 Å². The number of carbonyl (C=O) groups excluding carboxylic acids is 1. The zero-order chi connectivity index (χ0) is 15.4. The summed E-state index contributed by atoms with van der Waals surface area (Å²) in [5, 5.41) is 10.9. The highest BCUT2D eigenvalue weighted by atomic mass is 16.6. The van der Waals surface area contributed by atoms with Crippen molar-refractivity contribution in [1.29, 1.82) is 0 Å². The van der Waals surface area contributed by atoms with Crippen LogP contribution in [0.15, 0.2) is 42.5 Å². The highest BCUT2D eigenvalue weighted by Crippen LogP contribution is 2.28. The molecular weight excluding hydrogens is 274 g/mol. The Morgan fingerprint density at radius 1 is 1.10 bits per heavy atom. The number of carbonyl (C=O) groups is 1. The van der Waals surface area contributed by atoms with E-state index in [4.69, 9.17) is 9.47 Å². The largest absolute Gasteiger partial charge is 0.493 e. The van der Waals surface area contributed by atoms with Crippen molar-refractivity contribution < 1.29 is 19.2 Å². The summed E-state index contributed by atoms with van der Waals surface area (Å²) < 4.78 is 10.3. The molecule has 0 saturated heterocycles. The summed E-state index contributed by atoms with van der Waals surface area (Å²) in [5.74, 6) is 0.00513. The topological polar surface area (TPSA) is 78.7 Å². The number of nitro groups is 1. The van der Waals surface area contributed by atoms with Gasteiger partial charge in [0.1, 0.15) is 0 Å². The van der Waals surface area contributed by atoms with E-state index < -0.39 is 10.9 Å². The molecule has 0 aromatic heterocycles. The minimum atomic E-state index is -0.666. The molecule has 108 valence electrons. The van der Waals surface area contributed by atoms with Crippen LogP contribution in [0.25, 0.3) is 0 Å². The first-order valence-electron chi connectivity index (χ1n) is 6.13. The van der Waals surface area contributed by atoms with Gasteiger partial charge >= 0.3 is 5.97 Å². The average molecular weight is 287 g/mol. The lowest BCUT2D eigenvalue weighted by Gasteiger charge is -2.10. The molecule has 6 nitrogen and oxygen atoms in total. The second-order valence-corrected chi connectivity index (χ2v) is 4.25. The van der Waals surface area contributed by atoms with Crippen molar-refractivity contribution in [1.82, 2.24) is 0 Å². The fourth-order valence-electron chi connectivity index (χ4n) is 1.90. The van der Waals surface area contributed by atoms with Crippen LogP contribution in [-0.4, -0.2) is 18.0 Å². The highest BCUT2D eigenvalue weighted by molar-refractivity contribution is 5.93. The Hall–Kier alpha value is -2.89. The molecule has 0 bridgehead atoms. The number of ether oxygens (including phenoxy) is 2. The van der Waals surface area contributed by atoms with Crippen LogP contribution in [-0.2, 0) is 0 Å². The lowest BCUT2D eigenvalue weighted by atomic mass is 10.1. The Kier molecular flexibility index (Phi) is 4.18. The predicted octanol–water partition coefficient (Wildman–Crippen LogP) is 3.13. The summed E-state index contributed by atoms with van der Waals surface area (Å²) in [5.41, 5.74) is 0.294. The van der Waals surface area contributed by atoms with E-state index in [9.17, 15) is 14.9 Å². The van der Waals surface area contributed by atoms with Gasteiger partial charge in [0.2, 0.25) is 0 Å². The van der Waals surface area contributed by atoms with Gasteiger partial charge in [-0.1, -0.05) is 18.2 Å². The van der Waals surface area contributed by atoms with E-state index in [1.54, 1.807) is 24.3 Å². The van der Waals surface area contributed by atoms with E-state index in [0.717, 1.165) is 0 Å². The molecule has 0 aliphatic heterocycles. The van der Waals surface area contributed by atoms with Crippen LogP contribution in [0.4, 0.5) is 5.69 Å². The number of para-hydroxylation sites is 2. The van der Waals surface area contributed by atoms with Gasteiger partial charge in [0.05, 0.1) is 17.6 Å². The minimum Gasteiger partial charge on any atom is -0.493 e. The minimum absolute atomic E-state index is 0.121. The number of rotatable bonds is 4. The molecule has 6 heteroatoms. The Labute approximate surface area is 121 Å². The zero-order valence-electron chi connectivity index (χ0n) is 11.5. The van der Waals surface area contributed by atoms with Crippen LogP contribution in [0.1, 0.15) is 15.9 Å². The molecule has 21 heavy (non-hydrogen) atoms. The third-order valence-corrected chi connectivity index (χ3v) is 2.99. The Morgan fingerprint density at radius 3 is 2.38 bits per heavy atom. The quantitative estimate of drug-likeness (QED) is 0.373. The Morgan fingerprint density at radius 2 is 1.76 bits per heavy atom. The van der Waals surface area contributed by atoms with Crippen molar-refractivity contribution in [3.63, 3.8) is 0 Å². The van der Waals surface area contributed by atoms with Gasteiger partial charge in [-0.3, -0.25) is 10.1 Å². The molecule has 2 aromatic rings. The van der Waals surface area contributed by atoms with Gasteiger partial charge in [-0.2, -0.15) is 0 Å². The predicted molar refractivity (Wildman–Crippen MR) is 75.8 cm³/mol. The Bertz CT molecular complexity index is 696. The molecule has 0 atom stereocenters. The third-order valence-electron chi connectivity index (χ3n) is 2.99. The van der Waals surface area contributed by atoms with Crippen LogP contribution < -0.4 is 9.47 Å². The Balaban J connectivity index is 2.33. The van der Waals surface area contributed by atoms with Crippen molar-refractivity contribution in [2.75, 3.05) is 7.11 Å². The fraction of sp³-hybridized carbons (Fsp3) is 0.133. The van der Waals surface area contributed by atoms with Gasteiger partial charge in [-0.25, -0.2) is 4.79 Å². The summed E-state index contributed by atoms with van der Waals surface area (Å²) in [6.45, 7) is 1.51. The molecule has 0 N–H and O–H groups in total. The van der Waals surface area contributed by atoms with Crippen LogP contribution in [0.2, 0.25) is 0 Å². The van der Waals surface area contributed by atoms with Crippen molar-refractivity contribution in [2.45, 2.75) is 6.92 Å². The van der Waals surface area contributed by atoms with Gasteiger partial charge in [0, 0.05) is 11.6 Å². The maximum absolute atomic E-state index is 12.2. The highest BCUT2D eigenvalue weighted by Gasteiger charge is 2.20. The van der Waals surface area contributed by atoms with Gasteiger partial charge in [-0.05, 0) is 25.1 Å². The van der Waals surface area contributed by atoms with Crippen LogP contribution in [0.3, 0.4) is 0 Å². The SMILES string of the molecule is COc1ccccc1OC(=O)c1cccc([N+](=O)[O-])c1C. The number of nitrogens with zero attached hydrogens (tertiary/aromatic N) is 1. The molecule has 0 amide bonds. The molecule has 0 heterocycles. The summed E-state index contributed by atoms with van der Waals surface area (Å²) in [4.78, 5) is 22.5. The number of benzene rings is 2. The number of methoxy groups -OCH3 is 1. The van der Waals surface area contributed by atoms with E-state index in [2.05, 4.69) is 0 Å². The van der Waals surface area contributed by atoms with E-state index >= 15 is 0 Å². The number of hydrogen-bond acceptors (Lipinski definition) is 5. The van der Waals surface area contributed by atoms with Crippen LogP contribution in [0, 0.1) is 17.0 Å². The molecule has 0 radical (unpaired) electrons. The molecule has 0 unspecified atom stereocenters. The number of hydrogen-bond donors (Lipinski definition) is 0. The molecule has 0 spiro atoms. The van der Waals surface area contributed by atoms with Crippen molar-refractivity contribution in [2.24, 2.45) is 0 Å².